The first-order chi connectivity index (χ1) is 18.5. The third-order valence-electron chi connectivity index (χ3n) is 6.10. The molecule has 0 spiro atoms. The van der Waals surface area contributed by atoms with Crippen molar-refractivity contribution in [3.8, 4) is 22.7 Å². The lowest BCUT2D eigenvalue weighted by Gasteiger charge is -2.15. The number of halogens is 1. The van der Waals surface area contributed by atoms with Gasteiger partial charge < -0.3 is 4.74 Å². The summed E-state index contributed by atoms with van der Waals surface area (Å²) < 4.78 is 8.17. The van der Waals surface area contributed by atoms with E-state index in [-0.39, 0.29) is 5.91 Å². The monoisotopic (exact) mass is 559 g/mol. The number of thiocarbonyl (C=S) groups is 1. The molecule has 1 amide bonds. The quantitative estimate of drug-likeness (QED) is 0.119. The molecule has 1 aliphatic heterocycles. The Kier molecular flexibility index (Phi) is 8.27. The van der Waals surface area contributed by atoms with Gasteiger partial charge in [-0.1, -0.05) is 85.3 Å². The second-order valence-corrected chi connectivity index (χ2v) is 10.9. The van der Waals surface area contributed by atoms with Crippen LogP contribution in [0.3, 0.4) is 0 Å². The van der Waals surface area contributed by atoms with Crippen LogP contribution in [0.15, 0.2) is 90.0 Å². The van der Waals surface area contributed by atoms with Gasteiger partial charge in [-0.25, -0.2) is 4.68 Å². The Hall–Kier alpha value is -3.39. The molecule has 1 aliphatic rings. The minimum Gasteiger partial charge on any atom is -0.494 e. The van der Waals surface area contributed by atoms with Crippen LogP contribution >= 0.6 is 35.6 Å². The number of rotatable bonds is 9. The number of ether oxygens (including phenoxy) is 1. The summed E-state index contributed by atoms with van der Waals surface area (Å²) in [6.45, 7) is 3.17. The van der Waals surface area contributed by atoms with Crippen LogP contribution in [0.2, 0.25) is 5.02 Å². The number of carbonyl (C=O) groups is 1. The highest BCUT2D eigenvalue weighted by atomic mass is 35.5. The van der Waals surface area contributed by atoms with Gasteiger partial charge in [0, 0.05) is 22.3 Å². The molecule has 2 heterocycles. The lowest BCUT2D eigenvalue weighted by molar-refractivity contribution is -0.122. The predicted molar refractivity (Wildman–Crippen MR) is 160 cm³/mol. The lowest BCUT2D eigenvalue weighted by Crippen LogP contribution is -2.27. The first kappa shape index (κ1) is 26.2. The lowest BCUT2D eigenvalue weighted by atomic mass is 10.1. The molecule has 5 nitrogen and oxygen atoms in total. The van der Waals surface area contributed by atoms with Gasteiger partial charge in [0.05, 0.1) is 29.4 Å². The third kappa shape index (κ3) is 5.85. The average Bonchev–Trinajstić information content (AvgIpc) is 3.47. The molecule has 0 saturated carbocycles. The molecule has 0 aliphatic carbocycles. The van der Waals surface area contributed by atoms with Crippen LogP contribution in [0.1, 0.15) is 30.9 Å². The summed E-state index contributed by atoms with van der Waals surface area (Å²) >= 11 is 13.2. The molecule has 0 atom stereocenters. The van der Waals surface area contributed by atoms with Gasteiger partial charge in [-0.2, -0.15) is 5.10 Å². The molecule has 38 heavy (non-hydrogen) atoms. The van der Waals surface area contributed by atoms with Crippen LogP contribution in [0, 0.1) is 0 Å². The van der Waals surface area contributed by atoms with Crippen molar-refractivity contribution in [2.24, 2.45) is 0 Å². The molecule has 8 heteroatoms. The molecule has 3 aromatic carbocycles. The van der Waals surface area contributed by atoms with Crippen LogP contribution in [0.4, 0.5) is 0 Å². The topological polar surface area (TPSA) is 47.4 Å². The molecule has 0 unspecified atom stereocenters. The van der Waals surface area contributed by atoms with E-state index in [1.165, 1.54) is 11.8 Å². The summed E-state index contributed by atoms with van der Waals surface area (Å²) in [6, 6.07) is 25.3. The Morgan fingerprint density at radius 2 is 1.76 bits per heavy atom. The van der Waals surface area contributed by atoms with Crippen molar-refractivity contribution < 1.29 is 9.53 Å². The van der Waals surface area contributed by atoms with Crippen molar-refractivity contribution in [2.75, 3.05) is 6.61 Å². The third-order valence-corrected chi connectivity index (χ3v) is 7.85. The molecule has 0 bridgehead atoms. The number of hydrogen-bond donors (Lipinski definition) is 0. The zero-order valence-corrected chi connectivity index (χ0v) is 23.2. The molecule has 192 valence electrons. The molecule has 1 saturated heterocycles. The second-order valence-electron chi connectivity index (χ2n) is 8.80. The second kappa shape index (κ2) is 12.0. The van der Waals surface area contributed by atoms with Crippen LogP contribution < -0.4 is 4.74 Å². The number of unbranched alkanes of at least 4 members (excludes halogenated alkanes) is 1. The Labute approximate surface area is 237 Å². The number of benzene rings is 3. The first-order valence-electron chi connectivity index (χ1n) is 12.4. The van der Waals surface area contributed by atoms with Gasteiger partial charge in [0.2, 0.25) is 0 Å². The van der Waals surface area contributed by atoms with E-state index in [1.54, 1.807) is 4.90 Å². The van der Waals surface area contributed by atoms with Gasteiger partial charge in [-0.3, -0.25) is 9.69 Å². The number of aromatic nitrogens is 2. The van der Waals surface area contributed by atoms with Crippen LogP contribution in [-0.4, -0.2) is 31.5 Å². The van der Waals surface area contributed by atoms with Gasteiger partial charge in [0.25, 0.3) is 5.91 Å². The fourth-order valence-corrected chi connectivity index (χ4v) is 5.49. The van der Waals surface area contributed by atoms with Crippen molar-refractivity contribution in [3.05, 3.63) is 106 Å². The number of nitrogens with zero attached hydrogens (tertiary/aromatic N) is 3. The van der Waals surface area contributed by atoms with Crippen LogP contribution in [0.25, 0.3) is 23.0 Å². The SMILES string of the molecule is CCCCOc1ccc(-c2nn(-c3ccccc3)cc2C=C2SC(=S)N(Cc3ccccc3Cl)C2=O)cc1. The number of thioether (sulfide) groups is 1. The van der Waals surface area contributed by atoms with Crippen molar-refractivity contribution in [1.82, 2.24) is 14.7 Å². The molecule has 0 radical (unpaired) electrons. The zero-order chi connectivity index (χ0) is 26.5. The first-order valence-corrected chi connectivity index (χ1v) is 14.0. The molecular weight excluding hydrogens is 534 g/mol. The van der Waals surface area contributed by atoms with Crippen LogP contribution in [-0.2, 0) is 11.3 Å². The molecular formula is C30H26ClN3O2S2. The van der Waals surface area contributed by atoms with Crippen molar-refractivity contribution in [1.29, 1.82) is 0 Å². The summed E-state index contributed by atoms with van der Waals surface area (Å²) in [6.07, 6.45) is 5.92. The Balaban J connectivity index is 1.47. The minimum absolute atomic E-state index is 0.141. The molecule has 0 N–H and O–H groups in total. The van der Waals surface area contributed by atoms with E-state index in [0.29, 0.717) is 27.4 Å². The van der Waals surface area contributed by atoms with Gasteiger partial charge in [0.15, 0.2) is 0 Å². The Morgan fingerprint density at radius 1 is 1.03 bits per heavy atom. The Bertz CT molecular complexity index is 1480. The van der Waals surface area contributed by atoms with E-state index in [2.05, 4.69) is 6.92 Å². The van der Waals surface area contributed by atoms with Gasteiger partial charge in [0.1, 0.15) is 10.1 Å². The zero-order valence-electron chi connectivity index (χ0n) is 20.8. The average molecular weight is 560 g/mol. The highest BCUT2D eigenvalue weighted by molar-refractivity contribution is 8.26. The summed E-state index contributed by atoms with van der Waals surface area (Å²) in [5.74, 6) is 0.685. The van der Waals surface area contributed by atoms with Gasteiger partial charge in [-0.05, 0) is 60.5 Å². The smallest absolute Gasteiger partial charge is 0.266 e. The number of para-hydroxylation sites is 1. The summed E-state index contributed by atoms with van der Waals surface area (Å²) in [5.41, 5.74) is 4.31. The van der Waals surface area contributed by atoms with E-state index >= 15 is 0 Å². The highest BCUT2D eigenvalue weighted by Crippen LogP contribution is 2.36. The van der Waals surface area contributed by atoms with E-state index in [9.17, 15) is 4.79 Å². The fourth-order valence-electron chi connectivity index (χ4n) is 4.05. The standard InChI is InChI=1S/C30H26ClN3O2S2/c1-2-3-17-36-25-15-13-21(14-16-25)28-23(20-34(32-28)24-10-5-4-6-11-24)18-27-29(35)33(30(37)38-27)19-22-9-7-8-12-26(22)31/h4-16,18,20H,2-3,17,19H2,1H3. The van der Waals surface area contributed by atoms with Crippen molar-refractivity contribution >= 4 is 51.9 Å². The predicted octanol–water partition coefficient (Wildman–Crippen LogP) is 7.77. The van der Waals surface area contributed by atoms with Crippen LogP contribution in [0.5, 0.6) is 5.75 Å². The summed E-state index contributed by atoms with van der Waals surface area (Å²) in [7, 11) is 0. The van der Waals surface area contributed by atoms with Gasteiger partial charge in [-0.15, -0.1) is 0 Å². The van der Waals surface area contributed by atoms with E-state index in [0.717, 1.165) is 46.7 Å². The maximum absolute atomic E-state index is 13.4. The van der Waals surface area contributed by atoms with Crippen molar-refractivity contribution in [2.45, 2.75) is 26.3 Å². The molecule has 1 fully saturated rings. The summed E-state index contributed by atoms with van der Waals surface area (Å²) in [5, 5.41) is 5.50. The maximum atomic E-state index is 13.4. The number of amides is 1. The Morgan fingerprint density at radius 3 is 2.50 bits per heavy atom. The molecule has 4 aromatic rings. The number of hydrogen-bond acceptors (Lipinski definition) is 5. The minimum atomic E-state index is -0.141. The normalized spacial score (nSPS) is 14.5. The van der Waals surface area contributed by atoms with E-state index in [1.807, 2.05) is 95.8 Å². The van der Waals surface area contributed by atoms with Gasteiger partial charge >= 0.3 is 0 Å². The van der Waals surface area contributed by atoms with E-state index < -0.39 is 0 Å². The fraction of sp³-hybridized carbons (Fsp3) is 0.167. The summed E-state index contributed by atoms with van der Waals surface area (Å²) in [4.78, 5) is 15.5. The molecule has 1 aromatic heterocycles. The largest absolute Gasteiger partial charge is 0.494 e. The number of carbonyl (C=O) groups excluding carboxylic acids is 1. The highest BCUT2D eigenvalue weighted by Gasteiger charge is 2.33. The van der Waals surface area contributed by atoms with E-state index in [4.69, 9.17) is 33.7 Å². The maximum Gasteiger partial charge on any atom is 0.266 e. The molecule has 5 rings (SSSR count). The van der Waals surface area contributed by atoms with Crippen molar-refractivity contribution in [3.63, 3.8) is 0 Å².